The number of methoxy groups -OCH3 is 1. The van der Waals surface area contributed by atoms with E-state index >= 15 is 0 Å². The van der Waals surface area contributed by atoms with Crippen molar-refractivity contribution < 1.29 is 23.9 Å². The van der Waals surface area contributed by atoms with Crippen molar-refractivity contribution in [2.75, 3.05) is 32.1 Å². The monoisotopic (exact) mass is 453 g/mol. The van der Waals surface area contributed by atoms with Crippen LogP contribution in [0.5, 0.6) is 11.5 Å². The lowest BCUT2D eigenvalue weighted by atomic mass is 9.96. The Bertz CT molecular complexity index is 1010. The number of aryl methyl sites for hydroxylation is 1. The van der Waals surface area contributed by atoms with Gasteiger partial charge in [0.05, 0.1) is 19.6 Å². The van der Waals surface area contributed by atoms with E-state index in [-0.39, 0.29) is 23.5 Å². The molecule has 33 heavy (non-hydrogen) atoms. The van der Waals surface area contributed by atoms with Gasteiger partial charge in [-0.25, -0.2) is 4.98 Å². The fourth-order valence-electron chi connectivity index (χ4n) is 3.82. The van der Waals surface area contributed by atoms with E-state index in [0.717, 1.165) is 18.4 Å². The Morgan fingerprint density at radius 1 is 1.21 bits per heavy atom. The van der Waals surface area contributed by atoms with E-state index in [1.165, 1.54) is 14.0 Å². The first kappa shape index (κ1) is 24.2. The van der Waals surface area contributed by atoms with Crippen molar-refractivity contribution >= 4 is 23.4 Å². The van der Waals surface area contributed by atoms with Crippen LogP contribution in [0.2, 0.25) is 0 Å². The number of aromatic nitrogens is 1. The summed E-state index contributed by atoms with van der Waals surface area (Å²) in [5.74, 6) is 1.22. The number of hydrogen-bond acceptors (Lipinski definition) is 6. The number of amides is 2. The maximum atomic E-state index is 12.7. The van der Waals surface area contributed by atoms with Crippen molar-refractivity contribution in [2.45, 2.75) is 39.5 Å². The van der Waals surface area contributed by atoms with E-state index in [0.29, 0.717) is 55.4 Å². The SMILES string of the molecule is COc1cc(C(C)=O)ccc1OCCCC(=O)N1CCCC(C(=O)Nc2ncccc2C)C1. The molecule has 0 spiro atoms. The van der Waals surface area contributed by atoms with Crippen molar-refractivity contribution in [1.29, 1.82) is 0 Å². The number of piperidine rings is 1. The zero-order valence-electron chi connectivity index (χ0n) is 19.4. The Morgan fingerprint density at radius 3 is 2.76 bits per heavy atom. The van der Waals surface area contributed by atoms with Gasteiger partial charge >= 0.3 is 0 Å². The van der Waals surface area contributed by atoms with Gasteiger partial charge in [-0.1, -0.05) is 6.07 Å². The van der Waals surface area contributed by atoms with Gasteiger partial charge in [0.15, 0.2) is 17.3 Å². The molecule has 1 N–H and O–H groups in total. The minimum absolute atomic E-state index is 0.0176. The number of benzene rings is 1. The van der Waals surface area contributed by atoms with Gasteiger partial charge in [-0.3, -0.25) is 14.4 Å². The number of ether oxygens (including phenoxy) is 2. The Labute approximate surface area is 194 Å². The van der Waals surface area contributed by atoms with E-state index in [4.69, 9.17) is 9.47 Å². The molecule has 176 valence electrons. The second kappa shape index (κ2) is 11.4. The van der Waals surface area contributed by atoms with Gasteiger partial charge < -0.3 is 19.7 Å². The molecule has 1 aliphatic rings. The molecule has 1 aliphatic heterocycles. The molecule has 3 rings (SSSR count). The minimum atomic E-state index is -0.246. The summed E-state index contributed by atoms with van der Waals surface area (Å²) in [4.78, 5) is 42.9. The lowest BCUT2D eigenvalue weighted by Crippen LogP contribution is -2.43. The molecule has 1 aromatic carbocycles. The number of anilines is 1. The summed E-state index contributed by atoms with van der Waals surface area (Å²) in [6.45, 7) is 4.81. The molecule has 0 aliphatic carbocycles. The number of rotatable bonds is 9. The van der Waals surface area contributed by atoms with Gasteiger partial charge in [0.2, 0.25) is 11.8 Å². The second-order valence-electron chi connectivity index (χ2n) is 8.21. The fourth-order valence-corrected chi connectivity index (χ4v) is 3.82. The highest BCUT2D eigenvalue weighted by Gasteiger charge is 2.28. The third kappa shape index (κ3) is 6.54. The van der Waals surface area contributed by atoms with E-state index in [1.54, 1.807) is 29.3 Å². The number of ketones is 1. The minimum Gasteiger partial charge on any atom is -0.493 e. The number of hydrogen-bond donors (Lipinski definition) is 1. The number of likely N-dealkylation sites (tertiary alicyclic amines) is 1. The average molecular weight is 454 g/mol. The van der Waals surface area contributed by atoms with Crippen molar-refractivity contribution in [3.8, 4) is 11.5 Å². The molecular formula is C25H31N3O5. The van der Waals surface area contributed by atoms with Crippen LogP contribution >= 0.6 is 0 Å². The molecule has 0 radical (unpaired) electrons. The summed E-state index contributed by atoms with van der Waals surface area (Å²) in [6, 6.07) is 8.76. The first-order chi connectivity index (χ1) is 15.9. The molecule has 2 heterocycles. The highest BCUT2D eigenvalue weighted by atomic mass is 16.5. The van der Waals surface area contributed by atoms with E-state index < -0.39 is 0 Å². The topological polar surface area (TPSA) is 97.8 Å². The number of carbonyl (C=O) groups is 3. The predicted octanol–water partition coefficient (Wildman–Crippen LogP) is 3.64. The summed E-state index contributed by atoms with van der Waals surface area (Å²) >= 11 is 0. The largest absolute Gasteiger partial charge is 0.493 e. The summed E-state index contributed by atoms with van der Waals surface area (Å²) in [5, 5.41) is 2.89. The maximum absolute atomic E-state index is 12.7. The van der Waals surface area contributed by atoms with Crippen molar-refractivity contribution in [3.05, 3.63) is 47.7 Å². The number of nitrogens with zero attached hydrogens (tertiary/aromatic N) is 2. The van der Waals surface area contributed by atoms with Gasteiger partial charge in [0.1, 0.15) is 5.82 Å². The predicted molar refractivity (Wildman–Crippen MR) is 125 cm³/mol. The molecule has 2 aromatic rings. The molecule has 1 saturated heterocycles. The molecular weight excluding hydrogens is 422 g/mol. The summed E-state index contributed by atoms with van der Waals surface area (Å²) < 4.78 is 11.1. The van der Waals surface area contributed by atoms with Crippen LogP contribution < -0.4 is 14.8 Å². The number of nitrogens with one attached hydrogen (secondary N) is 1. The molecule has 1 fully saturated rings. The molecule has 8 nitrogen and oxygen atoms in total. The fraction of sp³-hybridized carbons (Fsp3) is 0.440. The van der Waals surface area contributed by atoms with E-state index in [2.05, 4.69) is 10.3 Å². The number of pyridine rings is 1. The molecule has 0 bridgehead atoms. The molecule has 2 amide bonds. The third-order valence-corrected chi connectivity index (χ3v) is 5.76. The van der Waals surface area contributed by atoms with Crippen LogP contribution in [-0.4, -0.2) is 54.3 Å². The first-order valence-electron chi connectivity index (χ1n) is 11.2. The van der Waals surface area contributed by atoms with Crippen LogP contribution in [0, 0.1) is 12.8 Å². The van der Waals surface area contributed by atoms with Crippen molar-refractivity contribution in [1.82, 2.24) is 9.88 Å². The van der Waals surface area contributed by atoms with Gasteiger partial charge in [-0.2, -0.15) is 0 Å². The lowest BCUT2D eigenvalue weighted by molar-refractivity contribution is -0.134. The van der Waals surface area contributed by atoms with Crippen molar-refractivity contribution in [2.24, 2.45) is 5.92 Å². The highest BCUT2D eigenvalue weighted by Crippen LogP contribution is 2.28. The van der Waals surface area contributed by atoms with Gasteiger partial charge in [-0.15, -0.1) is 0 Å². The third-order valence-electron chi connectivity index (χ3n) is 5.76. The first-order valence-corrected chi connectivity index (χ1v) is 11.2. The quantitative estimate of drug-likeness (QED) is 0.460. The normalized spacial score (nSPS) is 15.6. The summed E-state index contributed by atoms with van der Waals surface area (Å²) in [7, 11) is 1.52. The highest BCUT2D eigenvalue weighted by molar-refractivity contribution is 5.94. The summed E-state index contributed by atoms with van der Waals surface area (Å²) in [5.41, 5.74) is 1.46. The van der Waals surface area contributed by atoms with E-state index in [1.807, 2.05) is 19.1 Å². The average Bonchev–Trinajstić information content (AvgIpc) is 2.83. The standard InChI is InChI=1S/C25H31N3O5/c1-17-7-4-12-26-24(17)27-25(31)20-8-5-13-28(16-20)23(30)9-6-14-33-21-11-10-19(18(2)29)15-22(21)32-3/h4,7,10-12,15,20H,5-6,8-9,13-14,16H2,1-3H3,(H,26,27,31). The molecule has 8 heteroatoms. The maximum Gasteiger partial charge on any atom is 0.230 e. The van der Waals surface area contributed by atoms with Crippen LogP contribution in [0.1, 0.15) is 48.5 Å². The van der Waals surface area contributed by atoms with Crippen LogP contribution in [0.15, 0.2) is 36.5 Å². The zero-order valence-corrected chi connectivity index (χ0v) is 19.4. The second-order valence-corrected chi connectivity index (χ2v) is 8.21. The lowest BCUT2D eigenvalue weighted by Gasteiger charge is -2.32. The van der Waals surface area contributed by atoms with Crippen LogP contribution in [0.25, 0.3) is 0 Å². The van der Waals surface area contributed by atoms with Gasteiger partial charge in [-0.05, 0) is 62.9 Å². The van der Waals surface area contributed by atoms with Crippen molar-refractivity contribution in [3.63, 3.8) is 0 Å². The number of Topliss-reactive ketones (excluding diaryl/α,β-unsaturated/α-hetero) is 1. The molecule has 1 atom stereocenters. The van der Waals surface area contributed by atoms with E-state index in [9.17, 15) is 14.4 Å². The Morgan fingerprint density at radius 2 is 2.03 bits per heavy atom. The van der Waals surface area contributed by atoms with Gasteiger partial charge in [0.25, 0.3) is 0 Å². The van der Waals surface area contributed by atoms with Crippen LogP contribution in [-0.2, 0) is 9.59 Å². The van der Waals surface area contributed by atoms with Crippen LogP contribution in [0.4, 0.5) is 5.82 Å². The Hall–Kier alpha value is -3.42. The Balaban J connectivity index is 1.46. The van der Waals surface area contributed by atoms with Crippen LogP contribution in [0.3, 0.4) is 0 Å². The molecule has 0 saturated carbocycles. The smallest absolute Gasteiger partial charge is 0.230 e. The molecule has 1 aromatic heterocycles. The number of carbonyl (C=O) groups excluding carboxylic acids is 3. The zero-order chi connectivity index (χ0) is 23.8. The van der Waals surface area contributed by atoms with Gasteiger partial charge in [0, 0.05) is 31.3 Å². The molecule has 1 unspecified atom stereocenters. The Kier molecular flexibility index (Phi) is 8.40. The summed E-state index contributed by atoms with van der Waals surface area (Å²) in [6.07, 6.45) is 4.06.